The van der Waals surface area contributed by atoms with E-state index in [1.54, 1.807) is 7.05 Å². The molecule has 22 heavy (non-hydrogen) atoms. The van der Waals surface area contributed by atoms with E-state index in [1.165, 1.54) is 5.56 Å². The summed E-state index contributed by atoms with van der Waals surface area (Å²) in [5.74, 6) is 0.846. The maximum Gasteiger partial charge on any atom is 0.191 e. The molecule has 0 saturated heterocycles. The van der Waals surface area contributed by atoms with E-state index in [0.717, 1.165) is 38.6 Å². The van der Waals surface area contributed by atoms with Crippen molar-refractivity contribution in [3.05, 3.63) is 42.5 Å². The summed E-state index contributed by atoms with van der Waals surface area (Å²) >= 11 is 0. The first-order valence-corrected chi connectivity index (χ1v) is 7.32. The number of nitrogens with zero attached hydrogens (tertiary/aromatic N) is 4. The summed E-state index contributed by atoms with van der Waals surface area (Å²) in [5.41, 5.74) is 1.20. The number of aliphatic imine (C=N–C) groups is 1. The predicted octanol–water partition coefficient (Wildman–Crippen LogP) is 1.87. The molecule has 7 heteroatoms. The Morgan fingerprint density at radius 3 is 2.55 bits per heavy atom. The van der Waals surface area contributed by atoms with E-state index in [0.29, 0.717) is 0 Å². The lowest BCUT2D eigenvalue weighted by Gasteiger charge is -2.12. The van der Waals surface area contributed by atoms with Crippen LogP contribution in [-0.2, 0) is 13.1 Å². The Labute approximate surface area is 149 Å². The van der Waals surface area contributed by atoms with Crippen molar-refractivity contribution < 1.29 is 0 Å². The maximum atomic E-state index is 4.27. The molecule has 0 fully saturated rings. The lowest BCUT2D eigenvalue weighted by Crippen LogP contribution is -2.39. The van der Waals surface area contributed by atoms with Gasteiger partial charge >= 0.3 is 0 Å². The van der Waals surface area contributed by atoms with Gasteiger partial charge in [-0.1, -0.05) is 0 Å². The zero-order chi connectivity index (χ0) is 14.9. The summed E-state index contributed by atoms with van der Waals surface area (Å²) in [4.78, 5) is 4.22. The molecular weight excluding hydrogens is 391 g/mol. The van der Waals surface area contributed by atoms with Gasteiger partial charge in [-0.3, -0.25) is 9.67 Å². The molecule has 0 bridgehead atoms. The van der Waals surface area contributed by atoms with Crippen LogP contribution in [0.1, 0.15) is 12.0 Å². The Kier molecular flexibility index (Phi) is 8.64. The number of halogens is 1. The lowest BCUT2D eigenvalue weighted by atomic mass is 10.4. The average Bonchev–Trinajstić information content (AvgIpc) is 3.13. The van der Waals surface area contributed by atoms with Crippen molar-refractivity contribution in [3.63, 3.8) is 0 Å². The molecule has 2 heterocycles. The van der Waals surface area contributed by atoms with Crippen LogP contribution in [0.15, 0.2) is 41.9 Å². The largest absolute Gasteiger partial charge is 0.356 e. The highest BCUT2D eigenvalue weighted by Gasteiger charge is 1.98. The summed E-state index contributed by atoms with van der Waals surface area (Å²) in [5, 5.41) is 10.9. The Hall–Kier alpha value is -1.51. The SMILES string of the molecule is CN=C(NCCCn1cc(C)cn1)NCCn1cccc1.I. The lowest BCUT2D eigenvalue weighted by molar-refractivity contribution is 0.568. The van der Waals surface area contributed by atoms with Crippen LogP contribution in [0, 0.1) is 6.92 Å². The van der Waals surface area contributed by atoms with Crippen LogP contribution in [0.2, 0.25) is 0 Å². The van der Waals surface area contributed by atoms with E-state index in [-0.39, 0.29) is 24.0 Å². The van der Waals surface area contributed by atoms with Crippen molar-refractivity contribution in [1.29, 1.82) is 0 Å². The molecule has 0 aliphatic heterocycles. The second kappa shape index (κ2) is 10.3. The number of nitrogens with one attached hydrogen (secondary N) is 2. The molecule has 6 nitrogen and oxygen atoms in total. The summed E-state index contributed by atoms with van der Waals surface area (Å²) < 4.78 is 4.11. The Morgan fingerprint density at radius 1 is 1.18 bits per heavy atom. The van der Waals surface area contributed by atoms with Gasteiger partial charge in [0.2, 0.25) is 0 Å². The van der Waals surface area contributed by atoms with Crippen LogP contribution in [-0.4, -0.2) is 40.4 Å². The van der Waals surface area contributed by atoms with Gasteiger partial charge in [0.05, 0.1) is 6.20 Å². The van der Waals surface area contributed by atoms with E-state index in [1.807, 2.05) is 23.0 Å². The highest BCUT2D eigenvalue weighted by Crippen LogP contribution is 1.95. The first-order valence-electron chi connectivity index (χ1n) is 7.32. The van der Waals surface area contributed by atoms with Gasteiger partial charge < -0.3 is 15.2 Å². The molecule has 0 radical (unpaired) electrons. The van der Waals surface area contributed by atoms with Crippen LogP contribution in [0.5, 0.6) is 0 Å². The summed E-state index contributed by atoms with van der Waals surface area (Å²) in [6, 6.07) is 4.06. The van der Waals surface area contributed by atoms with Gasteiger partial charge in [0, 0.05) is 51.8 Å². The molecule has 0 aromatic carbocycles. The second-order valence-electron chi connectivity index (χ2n) is 4.98. The third kappa shape index (κ3) is 6.50. The van der Waals surface area contributed by atoms with Crippen molar-refractivity contribution >= 4 is 29.9 Å². The number of aromatic nitrogens is 3. The van der Waals surface area contributed by atoms with E-state index < -0.39 is 0 Å². The zero-order valence-electron chi connectivity index (χ0n) is 13.2. The van der Waals surface area contributed by atoms with Gasteiger partial charge in [-0.2, -0.15) is 5.10 Å². The minimum Gasteiger partial charge on any atom is -0.356 e. The minimum atomic E-state index is 0. The van der Waals surface area contributed by atoms with Crippen molar-refractivity contribution in [2.45, 2.75) is 26.4 Å². The van der Waals surface area contributed by atoms with Crippen LogP contribution in [0.3, 0.4) is 0 Å². The molecular formula is C15H25IN6. The van der Waals surface area contributed by atoms with Crippen LogP contribution in [0.4, 0.5) is 0 Å². The Morgan fingerprint density at radius 2 is 1.91 bits per heavy atom. The van der Waals surface area contributed by atoms with Crippen molar-refractivity contribution in [2.75, 3.05) is 20.1 Å². The molecule has 0 aliphatic rings. The Balaban J connectivity index is 0.00000242. The topological polar surface area (TPSA) is 59.2 Å². The normalized spacial score (nSPS) is 11.1. The van der Waals surface area contributed by atoms with Crippen LogP contribution < -0.4 is 10.6 Å². The average molecular weight is 416 g/mol. The fourth-order valence-electron chi connectivity index (χ4n) is 2.08. The molecule has 0 amide bonds. The summed E-state index contributed by atoms with van der Waals surface area (Å²) in [6.07, 6.45) is 9.08. The van der Waals surface area contributed by atoms with Crippen LogP contribution in [0.25, 0.3) is 0 Å². The molecule has 0 aliphatic carbocycles. The number of rotatable bonds is 7. The monoisotopic (exact) mass is 416 g/mol. The summed E-state index contributed by atoms with van der Waals surface area (Å²) in [6.45, 7) is 5.63. The molecule has 2 aromatic heterocycles. The van der Waals surface area contributed by atoms with Gasteiger partial charge in [0.15, 0.2) is 5.96 Å². The van der Waals surface area contributed by atoms with E-state index in [2.05, 4.69) is 50.8 Å². The van der Waals surface area contributed by atoms with Crippen molar-refractivity contribution in [1.82, 2.24) is 25.0 Å². The van der Waals surface area contributed by atoms with E-state index in [9.17, 15) is 0 Å². The van der Waals surface area contributed by atoms with Crippen LogP contribution >= 0.6 is 24.0 Å². The molecule has 2 N–H and O–H groups in total. The smallest absolute Gasteiger partial charge is 0.191 e. The highest BCUT2D eigenvalue weighted by atomic mass is 127. The standard InChI is InChI=1S/C15H24N6.HI/c1-14-12-19-21(13-14)10-5-6-17-15(16-2)18-7-11-20-8-3-4-9-20;/h3-4,8-9,12-13H,5-7,10-11H2,1-2H3,(H2,16,17,18);1H. The van der Waals surface area contributed by atoms with Crippen molar-refractivity contribution in [2.24, 2.45) is 4.99 Å². The van der Waals surface area contributed by atoms with Gasteiger partial charge in [0.25, 0.3) is 0 Å². The van der Waals surface area contributed by atoms with Gasteiger partial charge in [-0.05, 0) is 31.0 Å². The summed E-state index contributed by atoms with van der Waals surface area (Å²) in [7, 11) is 1.79. The van der Waals surface area contributed by atoms with E-state index in [4.69, 9.17) is 0 Å². The highest BCUT2D eigenvalue weighted by molar-refractivity contribution is 14.0. The predicted molar refractivity (Wildman–Crippen MR) is 101 cm³/mol. The number of hydrogen-bond donors (Lipinski definition) is 2. The first-order chi connectivity index (χ1) is 10.3. The van der Waals surface area contributed by atoms with E-state index >= 15 is 0 Å². The molecule has 0 spiro atoms. The quantitative estimate of drug-likeness (QED) is 0.314. The zero-order valence-corrected chi connectivity index (χ0v) is 15.5. The third-order valence-electron chi connectivity index (χ3n) is 3.17. The van der Waals surface area contributed by atoms with Crippen molar-refractivity contribution in [3.8, 4) is 0 Å². The molecule has 122 valence electrons. The number of aryl methyl sites for hydroxylation is 2. The molecule has 2 aromatic rings. The molecule has 0 saturated carbocycles. The minimum absolute atomic E-state index is 0. The Bertz CT molecular complexity index is 546. The maximum absolute atomic E-state index is 4.27. The van der Waals surface area contributed by atoms with Gasteiger partial charge in [-0.25, -0.2) is 0 Å². The molecule has 2 rings (SSSR count). The number of guanidine groups is 1. The van der Waals surface area contributed by atoms with Gasteiger partial charge in [0.1, 0.15) is 0 Å². The first kappa shape index (κ1) is 18.5. The number of hydrogen-bond acceptors (Lipinski definition) is 2. The third-order valence-corrected chi connectivity index (χ3v) is 3.17. The second-order valence-corrected chi connectivity index (χ2v) is 4.98. The fourth-order valence-corrected chi connectivity index (χ4v) is 2.08. The van der Waals surface area contributed by atoms with Gasteiger partial charge in [-0.15, -0.1) is 24.0 Å². The molecule has 0 atom stereocenters. The molecule has 0 unspecified atom stereocenters. The fraction of sp³-hybridized carbons (Fsp3) is 0.467.